The van der Waals surface area contributed by atoms with Gasteiger partial charge in [-0.2, -0.15) is 4.31 Å². The number of rotatable bonds is 8. The van der Waals surface area contributed by atoms with Crippen LogP contribution in [-0.4, -0.2) is 39.0 Å². The van der Waals surface area contributed by atoms with Gasteiger partial charge in [-0.05, 0) is 24.6 Å². The second-order valence-electron chi connectivity index (χ2n) is 5.24. The van der Waals surface area contributed by atoms with E-state index in [1.807, 2.05) is 18.2 Å². The largest absolute Gasteiger partial charge is 0.497 e. The topological polar surface area (TPSA) is 72.9 Å². The first-order valence-electron chi connectivity index (χ1n) is 7.81. The van der Waals surface area contributed by atoms with Gasteiger partial charge in [0, 0.05) is 12.6 Å². The molecule has 0 fully saturated rings. The molecular formula is C18H21NO5S. The maximum absolute atomic E-state index is 13.0. The van der Waals surface area contributed by atoms with Crippen molar-refractivity contribution < 1.29 is 22.7 Å². The molecule has 0 saturated carbocycles. The first kappa shape index (κ1) is 19.0. The van der Waals surface area contributed by atoms with Crippen LogP contribution >= 0.6 is 0 Å². The Bertz CT molecular complexity index is 805. The van der Waals surface area contributed by atoms with Crippen molar-refractivity contribution in [2.24, 2.45) is 0 Å². The number of hydrogen-bond acceptors (Lipinski definition) is 5. The molecule has 0 saturated heterocycles. The van der Waals surface area contributed by atoms with E-state index in [0.717, 1.165) is 9.87 Å². The summed E-state index contributed by atoms with van der Waals surface area (Å²) in [4.78, 5) is 12.0. The third-order valence-corrected chi connectivity index (χ3v) is 5.28. The highest BCUT2D eigenvalue weighted by Crippen LogP contribution is 2.22. The first-order valence-corrected chi connectivity index (χ1v) is 9.25. The lowest BCUT2D eigenvalue weighted by Gasteiger charge is -2.21. The summed E-state index contributed by atoms with van der Waals surface area (Å²) in [5.41, 5.74) is 0.776. The van der Waals surface area contributed by atoms with E-state index in [0.29, 0.717) is 5.75 Å². The normalized spacial score (nSPS) is 11.3. The molecule has 0 aromatic heterocycles. The Labute approximate surface area is 148 Å². The molecule has 0 aliphatic heterocycles. The van der Waals surface area contributed by atoms with Gasteiger partial charge < -0.3 is 9.47 Å². The zero-order valence-electron chi connectivity index (χ0n) is 14.2. The Balaban J connectivity index is 2.36. The lowest BCUT2D eigenvalue weighted by Crippen LogP contribution is -2.36. The van der Waals surface area contributed by atoms with Crippen molar-refractivity contribution in [3.8, 4) is 5.75 Å². The molecule has 0 spiro atoms. The van der Waals surface area contributed by atoms with Crippen molar-refractivity contribution in [2.75, 3.05) is 20.3 Å². The molecule has 0 radical (unpaired) electrons. The minimum absolute atomic E-state index is 0.0621. The standard InChI is InChI=1S/C18H21NO5S/c1-3-24-18(20)14-19(13-15-8-5-4-6-9-15)25(21,22)17-11-7-10-16(12-17)23-2/h4-12H,3,13-14H2,1-2H3. The van der Waals surface area contributed by atoms with Crippen molar-refractivity contribution in [1.82, 2.24) is 4.31 Å². The van der Waals surface area contributed by atoms with Gasteiger partial charge in [0.05, 0.1) is 18.6 Å². The van der Waals surface area contributed by atoms with E-state index in [1.165, 1.54) is 19.2 Å². The van der Waals surface area contributed by atoms with Crippen LogP contribution in [0.4, 0.5) is 0 Å². The third-order valence-electron chi connectivity index (χ3n) is 3.49. The minimum atomic E-state index is -3.89. The molecule has 0 heterocycles. The Morgan fingerprint density at radius 1 is 1.08 bits per heavy atom. The molecule has 0 amide bonds. The summed E-state index contributed by atoms with van der Waals surface area (Å²) in [6, 6.07) is 15.2. The molecule has 2 rings (SSSR count). The number of carbonyl (C=O) groups excluding carboxylic acids is 1. The molecule has 25 heavy (non-hydrogen) atoms. The van der Waals surface area contributed by atoms with E-state index in [4.69, 9.17) is 9.47 Å². The van der Waals surface area contributed by atoms with Crippen LogP contribution in [-0.2, 0) is 26.1 Å². The van der Waals surface area contributed by atoms with Crippen LogP contribution < -0.4 is 4.74 Å². The van der Waals surface area contributed by atoms with Crippen molar-refractivity contribution in [3.05, 3.63) is 60.2 Å². The van der Waals surface area contributed by atoms with Crippen LogP contribution in [0, 0.1) is 0 Å². The summed E-state index contributed by atoms with van der Waals surface area (Å²) < 4.78 is 37.1. The Kier molecular flexibility index (Phi) is 6.55. The number of nitrogens with zero attached hydrogens (tertiary/aromatic N) is 1. The van der Waals surface area contributed by atoms with E-state index in [2.05, 4.69) is 0 Å². The smallest absolute Gasteiger partial charge is 0.321 e. The van der Waals surface area contributed by atoms with Crippen molar-refractivity contribution in [1.29, 1.82) is 0 Å². The number of ether oxygens (including phenoxy) is 2. The fraction of sp³-hybridized carbons (Fsp3) is 0.278. The predicted molar refractivity (Wildman–Crippen MR) is 93.7 cm³/mol. The zero-order chi connectivity index (χ0) is 18.3. The van der Waals surface area contributed by atoms with Gasteiger partial charge in [-0.1, -0.05) is 36.4 Å². The van der Waals surface area contributed by atoms with Crippen molar-refractivity contribution >= 4 is 16.0 Å². The van der Waals surface area contributed by atoms with Gasteiger partial charge in [-0.3, -0.25) is 4.79 Å². The van der Waals surface area contributed by atoms with E-state index in [9.17, 15) is 13.2 Å². The highest BCUT2D eigenvalue weighted by atomic mass is 32.2. The monoisotopic (exact) mass is 363 g/mol. The number of sulfonamides is 1. The summed E-state index contributed by atoms with van der Waals surface area (Å²) in [7, 11) is -2.43. The van der Waals surface area contributed by atoms with E-state index < -0.39 is 16.0 Å². The molecule has 0 aliphatic carbocycles. The molecule has 2 aromatic carbocycles. The maximum atomic E-state index is 13.0. The Morgan fingerprint density at radius 2 is 1.80 bits per heavy atom. The fourth-order valence-corrected chi connectivity index (χ4v) is 3.68. The summed E-state index contributed by atoms with van der Waals surface area (Å²) in [5.74, 6) is -0.165. The van der Waals surface area contributed by atoms with Gasteiger partial charge in [-0.25, -0.2) is 8.42 Å². The van der Waals surface area contributed by atoms with Crippen LogP contribution in [0.5, 0.6) is 5.75 Å². The highest BCUT2D eigenvalue weighted by Gasteiger charge is 2.27. The molecule has 0 N–H and O–H groups in total. The lowest BCUT2D eigenvalue weighted by atomic mass is 10.2. The molecule has 6 nitrogen and oxygen atoms in total. The number of carbonyl (C=O) groups is 1. The van der Waals surface area contributed by atoms with Crippen LogP contribution in [0.25, 0.3) is 0 Å². The zero-order valence-corrected chi connectivity index (χ0v) is 15.0. The predicted octanol–water partition coefficient (Wildman–Crippen LogP) is 2.45. The number of benzene rings is 2. The van der Waals surface area contributed by atoms with Gasteiger partial charge in [-0.15, -0.1) is 0 Å². The summed E-state index contributed by atoms with van der Waals surface area (Å²) in [6.45, 7) is 1.58. The molecule has 0 unspecified atom stereocenters. The SMILES string of the molecule is CCOC(=O)CN(Cc1ccccc1)S(=O)(=O)c1cccc(OC)c1. The third kappa shape index (κ3) is 5.04. The second kappa shape index (κ2) is 8.64. The van der Waals surface area contributed by atoms with E-state index in [1.54, 1.807) is 31.2 Å². The lowest BCUT2D eigenvalue weighted by molar-refractivity contribution is -0.143. The summed E-state index contributed by atoms with van der Waals surface area (Å²) >= 11 is 0. The van der Waals surface area contributed by atoms with Gasteiger partial charge in [0.1, 0.15) is 12.3 Å². The van der Waals surface area contributed by atoms with Crippen LogP contribution in [0.3, 0.4) is 0 Å². The average molecular weight is 363 g/mol. The fourth-order valence-electron chi connectivity index (χ4n) is 2.27. The van der Waals surface area contributed by atoms with Gasteiger partial charge >= 0.3 is 5.97 Å². The van der Waals surface area contributed by atoms with E-state index >= 15 is 0 Å². The summed E-state index contributed by atoms with van der Waals surface area (Å²) in [5, 5.41) is 0. The Morgan fingerprint density at radius 3 is 2.44 bits per heavy atom. The van der Waals surface area contributed by atoms with Crippen molar-refractivity contribution in [2.45, 2.75) is 18.4 Å². The molecule has 0 bridgehead atoms. The molecule has 2 aromatic rings. The summed E-state index contributed by atoms with van der Waals surface area (Å²) in [6.07, 6.45) is 0. The Hall–Kier alpha value is -2.38. The van der Waals surface area contributed by atoms with Crippen LogP contribution in [0.2, 0.25) is 0 Å². The quantitative estimate of drug-likeness (QED) is 0.674. The number of esters is 1. The molecule has 7 heteroatoms. The molecule has 0 aliphatic rings. The molecule has 0 atom stereocenters. The average Bonchev–Trinajstić information content (AvgIpc) is 2.62. The minimum Gasteiger partial charge on any atom is -0.497 e. The molecule has 134 valence electrons. The highest BCUT2D eigenvalue weighted by molar-refractivity contribution is 7.89. The van der Waals surface area contributed by atoms with Gasteiger partial charge in [0.25, 0.3) is 0 Å². The second-order valence-corrected chi connectivity index (χ2v) is 7.18. The van der Waals surface area contributed by atoms with Gasteiger partial charge in [0.15, 0.2) is 0 Å². The van der Waals surface area contributed by atoms with Crippen LogP contribution in [0.1, 0.15) is 12.5 Å². The number of hydrogen-bond donors (Lipinski definition) is 0. The van der Waals surface area contributed by atoms with Gasteiger partial charge in [0.2, 0.25) is 10.0 Å². The maximum Gasteiger partial charge on any atom is 0.321 e. The van der Waals surface area contributed by atoms with E-state index in [-0.39, 0.29) is 24.6 Å². The molecular weight excluding hydrogens is 342 g/mol. The number of methoxy groups -OCH3 is 1. The first-order chi connectivity index (χ1) is 12.0. The van der Waals surface area contributed by atoms with Crippen molar-refractivity contribution in [3.63, 3.8) is 0 Å². The van der Waals surface area contributed by atoms with Crippen LogP contribution in [0.15, 0.2) is 59.5 Å².